The van der Waals surface area contributed by atoms with Crippen LogP contribution in [0.4, 0.5) is 13.2 Å². The summed E-state index contributed by atoms with van der Waals surface area (Å²) in [4.78, 5) is 26.8. The first-order valence-electron chi connectivity index (χ1n) is 8.24. The molecule has 7 nitrogen and oxygen atoms in total. The second-order valence-corrected chi connectivity index (χ2v) is 7.38. The quantitative estimate of drug-likeness (QED) is 0.588. The van der Waals surface area contributed by atoms with Crippen LogP contribution in [0, 0.1) is 6.92 Å². The molecule has 2 aromatic rings. The number of nitrogens with zero attached hydrogens (tertiary/aromatic N) is 3. The van der Waals surface area contributed by atoms with Crippen molar-refractivity contribution in [1.29, 1.82) is 0 Å². The molecule has 1 aliphatic rings. The minimum Gasteiger partial charge on any atom is -0.383 e. The molecule has 148 valence electrons. The van der Waals surface area contributed by atoms with Crippen molar-refractivity contribution < 1.29 is 17.9 Å². The molecule has 1 saturated carbocycles. The van der Waals surface area contributed by atoms with Crippen LogP contribution in [0.25, 0.3) is 10.2 Å². The van der Waals surface area contributed by atoms with E-state index in [0.717, 1.165) is 11.3 Å². The third kappa shape index (κ3) is 2.98. The highest BCUT2D eigenvalue weighted by Crippen LogP contribution is 2.54. The van der Waals surface area contributed by atoms with Gasteiger partial charge in [0.2, 0.25) is 0 Å². The Labute approximate surface area is 156 Å². The summed E-state index contributed by atoms with van der Waals surface area (Å²) in [5, 5.41) is 4.01. The number of fused-ring (bicyclic) bond motifs is 1. The lowest BCUT2D eigenvalue weighted by Crippen LogP contribution is -2.51. The first-order chi connectivity index (χ1) is 12.7. The standard InChI is InChI=1S/C16H19F3N4O3S/c1-9-10(8-21-20-2)27-13-11(9)12(24)23(14(25)22(13)6-7-26-3)15(4-5-15)16(17,18)19/h8,20H,4-7H2,1-3H3/b21-8+. The molecule has 1 fully saturated rings. The lowest BCUT2D eigenvalue weighted by molar-refractivity contribution is -0.181. The van der Waals surface area contributed by atoms with Crippen molar-refractivity contribution in [3.8, 4) is 0 Å². The lowest BCUT2D eigenvalue weighted by atomic mass is 10.2. The Hall–Kier alpha value is -2.14. The molecule has 2 aromatic heterocycles. The number of hydrogen-bond donors (Lipinski definition) is 1. The maximum atomic E-state index is 13.6. The number of nitrogens with one attached hydrogen (secondary N) is 1. The fourth-order valence-electron chi connectivity index (χ4n) is 3.12. The smallest absolute Gasteiger partial charge is 0.383 e. The molecule has 0 saturated heterocycles. The molecule has 0 spiro atoms. The van der Waals surface area contributed by atoms with Gasteiger partial charge in [-0.05, 0) is 25.3 Å². The summed E-state index contributed by atoms with van der Waals surface area (Å²) in [6.45, 7) is 1.81. The third-order valence-corrected chi connectivity index (χ3v) is 6.01. The van der Waals surface area contributed by atoms with Crippen molar-refractivity contribution in [2.24, 2.45) is 5.10 Å². The van der Waals surface area contributed by atoms with Crippen LogP contribution >= 0.6 is 11.3 Å². The van der Waals surface area contributed by atoms with Gasteiger partial charge in [-0.25, -0.2) is 9.36 Å². The maximum absolute atomic E-state index is 13.6. The number of aromatic nitrogens is 2. The van der Waals surface area contributed by atoms with Crippen molar-refractivity contribution >= 4 is 27.8 Å². The van der Waals surface area contributed by atoms with E-state index in [-0.39, 0.29) is 31.4 Å². The first-order valence-corrected chi connectivity index (χ1v) is 9.06. The molecule has 1 N–H and O–H groups in total. The monoisotopic (exact) mass is 404 g/mol. The van der Waals surface area contributed by atoms with Gasteiger partial charge < -0.3 is 10.2 Å². The van der Waals surface area contributed by atoms with Crippen LogP contribution in [0.1, 0.15) is 23.3 Å². The summed E-state index contributed by atoms with van der Waals surface area (Å²) in [5.41, 5.74) is -1.20. The van der Waals surface area contributed by atoms with Gasteiger partial charge in [0, 0.05) is 14.2 Å². The Balaban J connectivity index is 2.39. The largest absolute Gasteiger partial charge is 0.412 e. The second kappa shape index (κ2) is 6.79. The third-order valence-electron chi connectivity index (χ3n) is 4.76. The molecule has 0 aromatic carbocycles. The van der Waals surface area contributed by atoms with E-state index < -0.39 is 23.0 Å². The number of hydrazone groups is 1. The molecule has 0 aliphatic heterocycles. The molecule has 2 heterocycles. The van der Waals surface area contributed by atoms with Gasteiger partial charge in [-0.1, -0.05) is 0 Å². The minimum atomic E-state index is -4.68. The molecule has 3 rings (SSSR count). The number of hydrogen-bond acceptors (Lipinski definition) is 6. The number of rotatable bonds is 6. The Kier molecular flexibility index (Phi) is 4.93. The summed E-state index contributed by atoms with van der Waals surface area (Å²) in [5.74, 6) is 0. The van der Waals surface area contributed by atoms with Crippen LogP contribution in [-0.2, 0) is 16.8 Å². The predicted molar refractivity (Wildman–Crippen MR) is 96.9 cm³/mol. The number of thiophene rings is 1. The molecular weight excluding hydrogens is 385 g/mol. The van der Waals surface area contributed by atoms with Crippen molar-refractivity contribution in [2.75, 3.05) is 20.8 Å². The highest BCUT2D eigenvalue weighted by atomic mass is 32.1. The number of aryl methyl sites for hydroxylation is 1. The van der Waals surface area contributed by atoms with E-state index in [0.29, 0.717) is 19.8 Å². The Morgan fingerprint density at radius 2 is 2.04 bits per heavy atom. The zero-order chi connectivity index (χ0) is 20.0. The van der Waals surface area contributed by atoms with Crippen molar-refractivity contribution in [2.45, 2.75) is 38.0 Å². The normalized spacial score (nSPS) is 16.4. The molecule has 1 aliphatic carbocycles. The molecule has 11 heteroatoms. The van der Waals surface area contributed by atoms with Crippen molar-refractivity contribution in [3.63, 3.8) is 0 Å². The van der Waals surface area contributed by atoms with Gasteiger partial charge in [0.15, 0.2) is 0 Å². The fraction of sp³-hybridized carbons (Fsp3) is 0.562. The number of methoxy groups -OCH3 is 1. The van der Waals surface area contributed by atoms with Gasteiger partial charge in [-0.2, -0.15) is 18.3 Å². The van der Waals surface area contributed by atoms with Crippen molar-refractivity contribution in [3.05, 3.63) is 31.3 Å². The summed E-state index contributed by atoms with van der Waals surface area (Å²) in [6.07, 6.45) is -3.76. The van der Waals surface area contributed by atoms with Gasteiger partial charge in [-0.15, -0.1) is 11.3 Å². The number of ether oxygens (including phenoxy) is 1. The zero-order valence-corrected chi connectivity index (χ0v) is 15.8. The highest BCUT2D eigenvalue weighted by Gasteiger charge is 2.66. The van der Waals surface area contributed by atoms with E-state index in [4.69, 9.17) is 4.74 Å². The lowest BCUT2D eigenvalue weighted by Gasteiger charge is -2.22. The van der Waals surface area contributed by atoms with Crippen molar-refractivity contribution in [1.82, 2.24) is 14.6 Å². The van der Waals surface area contributed by atoms with Crippen LogP contribution in [0.3, 0.4) is 0 Å². The minimum absolute atomic E-state index is 0.0443. The van der Waals surface area contributed by atoms with Gasteiger partial charge in [0.1, 0.15) is 10.4 Å². The SMILES string of the molecule is CN/N=C/c1sc2c(c1C)c(=O)n(C1(C(F)(F)F)CC1)c(=O)n2CCOC. The van der Waals surface area contributed by atoms with Gasteiger partial charge in [0.05, 0.1) is 29.6 Å². The maximum Gasteiger partial charge on any atom is 0.412 e. The van der Waals surface area contributed by atoms with Crippen LogP contribution < -0.4 is 16.7 Å². The molecule has 0 amide bonds. The molecule has 0 unspecified atom stereocenters. The highest BCUT2D eigenvalue weighted by molar-refractivity contribution is 7.20. The average Bonchev–Trinajstić information content (AvgIpc) is 3.33. The zero-order valence-electron chi connectivity index (χ0n) is 15.0. The summed E-state index contributed by atoms with van der Waals surface area (Å²) in [6, 6.07) is 0. The summed E-state index contributed by atoms with van der Waals surface area (Å²) < 4.78 is 47.5. The Bertz CT molecular complexity index is 1020. The van der Waals surface area contributed by atoms with E-state index in [1.807, 2.05) is 0 Å². The van der Waals surface area contributed by atoms with Gasteiger partial charge in [-0.3, -0.25) is 9.36 Å². The number of halogens is 3. The van der Waals surface area contributed by atoms with Crippen LogP contribution in [0.15, 0.2) is 14.7 Å². The average molecular weight is 404 g/mol. The van der Waals surface area contributed by atoms with E-state index in [2.05, 4.69) is 10.5 Å². The van der Waals surface area contributed by atoms with Crippen LogP contribution in [0.2, 0.25) is 0 Å². The topological polar surface area (TPSA) is 77.6 Å². The van der Waals surface area contributed by atoms with E-state index in [1.54, 1.807) is 14.0 Å². The van der Waals surface area contributed by atoms with Crippen LogP contribution in [-0.4, -0.2) is 42.3 Å². The summed E-state index contributed by atoms with van der Waals surface area (Å²) >= 11 is 1.14. The second-order valence-electron chi connectivity index (χ2n) is 6.35. The van der Waals surface area contributed by atoms with E-state index >= 15 is 0 Å². The molecule has 27 heavy (non-hydrogen) atoms. The van der Waals surface area contributed by atoms with E-state index in [9.17, 15) is 22.8 Å². The van der Waals surface area contributed by atoms with Gasteiger partial charge in [0.25, 0.3) is 5.56 Å². The molecule has 0 bridgehead atoms. The summed E-state index contributed by atoms with van der Waals surface area (Å²) in [7, 11) is 3.03. The first kappa shape index (κ1) is 19.6. The van der Waals surface area contributed by atoms with Crippen LogP contribution in [0.5, 0.6) is 0 Å². The predicted octanol–water partition coefficient (Wildman–Crippen LogP) is 1.78. The molecule has 0 atom stereocenters. The Morgan fingerprint density at radius 3 is 2.56 bits per heavy atom. The molecular formula is C16H19F3N4O3S. The molecule has 0 radical (unpaired) electrons. The fourth-order valence-corrected chi connectivity index (χ4v) is 4.31. The Morgan fingerprint density at radius 1 is 1.37 bits per heavy atom. The van der Waals surface area contributed by atoms with Gasteiger partial charge >= 0.3 is 11.9 Å². The van der Waals surface area contributed by atoms with E-state index in [1.165, 1.54) is 17.9 Å². The number of alkyl halides is 3.